The minimum atomic E-state index is -0.834. The second-order valence-corrected chi connectivity index (χ2v) is 4.19. The molecule has 84 valence electrons. The molecule has 1 heterocycles. The van der Waals surface area contributed by atoms with Crippen LogP contribution in [0.15, 0.2) is 30.5 Å². The first-order valence-electron chi connectivity index (χ1n) is 4.86. The molecule has 0 aliphatic carbocycles. The number of hydrogen-bond donors (Lipinski definition) is 3. The number of rotatable bonds is 4. The summed E-state index contributed by atoms with van der Waals surface area (Å²) in [6.45, 7) is 0. The molecule has 2 aromatic rings. The van der Waals surface area contributed by atoms with E-state index in [4.69, 9.17) is 5.11 Å². The second kappa shape index (κ2) is 4.84. The van der Waals surface area contributed by atoms with Gasteiger partial charge in [-0.1, -0.05) is 18.2 Å². The molecule has 16 heavy (non-hydrogen) atoms. The van der Waals surface area contributed by atoms with E-state index in [9.17, 15) is 4.79 Å². The van der Waals surface area contributed by atoms with Crippen molar-refractivity contribution in [2.45, 2.75) is 12.5 Å². The van der Waals surface area contributed by atoms with E-state index in [1.54, 1.807) is 0 Å². The van der Waals surface area contributed by atoms with Gasteiger partial charge in [0.25, 0.3) is 0 Å². The van der Waals surface area contributed by atoms with E-state index in [1.807, 2.05) is 53.3 Å². The first-order valence-corrected chi connectivity index (χ1v) is 5.94. The van der Waals surface area contributed by atoms with Crippen LogP contribution in [0.2, 0.25) is 0 Å². The molecule has 3 N–H and O–H groups in total. The summed E-state index contributed by atoms with van der Waals surface area (Å²) in [5, 5.41) is 10.1. The van der Waals surface area contributed by atoms with Crippen LogP contribution in [-0.2, 0) is 11.2 Å². The first kappa shape index (κ1) is 11.4. The van der Waals surface area contributed by atoms with Gasteiger partial charge in [-0.15, -0.1) is 0 Å². The highest BCUT2D eigenvalue weighted by Gasteiger charge is 2.17. The van der Waals surface area contributed by atoms with Gasteiger partial charge in [-0.05, 0) is 11.6 Å². The Morgan fingerprint density at radius 3 is 2.94 bits per heavy atom. The number of aromatic amines is 1. The Kier molecular flexibility index (Phi) is 3.45. The third-order valence-corrected chi connectivity index (χ3v) is 3.28. The zero-order valence-electron chi connectivity index (χ0n) is 8.40. The highest BCUT2D eigenvalue weighted by Crippen LogP contribution is 2.19. The third-order valence-electron chi connectivity index (χ3n) is 2.53. The van der Waals surface area contributed by atoms with E-state index in [0.29, 0.717) is 6.42 Å². The average Bonchev–Trinajstić information content (AvgIpc) is 2.69. The van der Waals surface area contributed by atoms with Crippen molar-refractivity contribution in [1.82, 2.24) is 8.51 Å². The fourth-order valence-electron chi connectivity index (χ4n) is 1.69. The van der Waals surface area contributed by atoms with Crippen LogP contribution in [0.4, 0.5) is 0 Å². The Morgan fingerprint density at radius 2 is 2.25 bits per heavy atom. The van der Waals surface area contributed by atoms with Crippen molar-refractivity contribution in [2.75, 3.05) is 0 Å². The van der Waals surface area contributed by atoms with Crippen LogP contribution in [0.3, 0.4) is 0 Å². The maximum absolute atomic E-state index is 10.9. The number of nitrogens with one attached hydrogen (secondary N) is 2. The van der Waals surface area contributed by atoms with E-state index >= 15 is 0 Å². The number of para-hydroxylation sites is 1. The number of carboxylic acids is 1. The number of benzene rings is 1. The Bertz CT molecular complexity index is 509. The van der Waals surface area contributed by atoms with Gasteiger partial charge in [0.15, 0.2) is 0 Å². The van der Waals surface area contributed by atoms with E-state index in [0.717, 1.165) is 16.5 Å². The van der Waals surface area contributed by atoms with Gasteiger partial charge < -0.3 is 10.1 Å². The number of aromatic nitrogens is 1. The Labute approximate surface area is 107 Å². The van der Waals surface area contributed by atoms with E-state index < -0.39 is 12.0 Å². The summed E-state index contributed by atoms with van der Waals surface area (Å²) in [5.74, 6) is -0.834. The van der Waals surface area contributed by atoms with Gasteiger partial charge >= 0.3 is 5.97 Å². The number of carbonyl (C=O) groups is 1. The molecule has 0 aliphatic rings. The zero-order chi connectivity index (χ0) is 11.5. The van der Waals surface area contributed by atoms with Gasteiger partial charge in [-0.2, -0.15) is 0 Å². The fourth-order valence-corrected chi connectivity index (χ4v) is 2.18. The quantitative estimate of drug-likeness (QED) is 0.594. The van der Waals surface area contributed by atoms with Crippen LogP contribution in [0.5, 0.6) is 0 Å². The SMILES string of the molecule is O=C(O)[C@@H](Cc1c[nH]c2ccccc12)NI. The Hall–Kier alpha value is -1.08. The summed E-state index contributed by atoms with van der Waals surface area (Å²) in [6, 6.07) is 7.32. The van der Waals surface area contributed by atoms with Crippen molar-refractivity contribution < 1.29 is 9.90 Å². The molecule has 1 atom stereocenters. The second-order valence-electron chi connectivity index (χ2n) is 3.56. The monoisotopic (exact) mass is 330 g/mol. The van der Waals surface area contributed by atoms with Gasteiger partial charge in [0.2, 0.25) is 0 Å². The van der Waals surface area contributed by atoms with Crippen LogP contribution in [0.25, 0.3) is 10.9 Å². The molecule has 1 aromatic heterocycles. The van der Waals surface area contributed by atoms with Gasteiger partial charge in [-0.3, -0.25) is 4.79 Å². The molecule has 0 radical (unpaired) electrons. The van der Waals surface area contributed by atoms with E-state index in [2.05, 4.69) is 8.51 Å². The van der Waals surface area contributed by atoms with Gasteiger partial charge in [0.05, 0.1) is 0 Å². The maximum atomic E-state index is 10.9. The normalized spacial score (nSPS) is 12.8. The molecule has 0 amide bonds. The predicted octanol–water partition coefficient (Wildman–Crippen LogP) is 2.10. The molecule has 1 aromatic carbocycles. The minimum Gasteiger partial charge on any atom is -0.480 e. The molecule has 0 bridgehead atoms. The van der Waals surface area contributed by atoms with Gasteiger partial charge in [0.1, 0.15) is 6.04 Å². The van der Waals surface area contributed by atoms with Crippen LogP contribution in [-0.4, -0.2) is 22.1 Å². The molecule has 0 saturated heterocycles. The summed E-state index contributed by atoms with van der Waals surface area (Å²) >= 11 is 1.87. The Balaban J connectivity index is 2.30. The number of fused-ring (bicyclic) bond motifs is 1. The average molecular weight is 330 g/mol. The standard InChI is InChI=1S/C11H11IN2O2/c12-14-10(11(15)16)5-7-6-13-9-4-2-1-3-8(7)9/h1-4,6,10,13-14H,5H2,(H,15,16)/t10-/m1/s1. The summed E-state index contributed by atoms with van der Waals surface area (Å²) in [4.78, 5) is 14.0. The van der Waals surface area contributed by atoms with Crippen LogP contribution >= 0.6 is 22.9 Å². The largest absolute Gasteiger partial charge is 0.480 e. The minimum absolute atomic E-state index is 0.474. The van der Waals surface area contributed by atoms with Crippen molar-refractivity contribution in [2.24, 2.45) is 0 Å². The topological polar surface area (TPSA) is 65.1 Å². The highest BCUT2D eigenvalue weighted by molar-refractivity contribution is 14.1. The molecular formula is C11H11IN2O2. The summed E-state index contributed by atoms with van der Waals surface area (Å²) in [5.41, 5.74) is 2.06. The summed E-state index contributed by atoms with van der Waals surface area (Å²) in [7, 11) is 0. The predicted molar refractivity (Wildman–Crippen MR) is 70.6 cm³/mol. The first-order chi connectivity index (χ1) is 7.72. The lowest BCUT2D eigenvalue weighted by Crippen LogP contribution is -2.32. The molecule has 4 nitrogen and oxygen atoms in total. The van der Waals surface area contributed by atoms with Crippen molar-refractivity contribution in [3.63, 3.8) is 0 Å². The smallest absolute Gasteiger partial charge is 0.321 e. The van der Waals surface area contributed by atoms with Gasteiger partial charge in [-0.25, -0.2) is 3.53 Å². The number of aliphatic carboxylic acids is 1. The van der Waals surface area contributed by atoms with Crippen molar-refractivity contribution in [3.8, 4) is 0 Å². The zero-order valence-corrected chi connectivity index (χ0v) is 10.6. The van der Waals surface area contributed by atoms with Crippen molar-refractivity contribution in [1.29, 1.82) is 0 Å². The third kappa shape index (κ3) is 2.19. The van der Waals surface area contributed by atoms with Crippen molar-refractivity contribution in [3.05, 3.63) is 36.0 Å². The van der Waals surface area contributed by atoms with Gasteiger partial charge in [0, 0.05) is 46.4 Å². The van der Waals surface area contributed by atoms with Crippen LogP contribution in [0, 0.1) is 0 Å². The molecule has 0 saturated carbocycles. The van der Waals surface area contributed by atoms with E-state index in [-0.39, 0.29) is 0 Å². The van der Waals surface area contributed by atoms with Crippen LogP contribution < -0.4 is 3.53 Å². The summed E-state index contributed by atoms with van der Waals surface area (Å²) in [6.07, 6.45) is 2.34. The molecule has 0 fully saturated rings. The molecule has 0 unspecified atom stereocenters. The van der Waals surface area contributed by atoms with Crippen LogP contribution in [0.1, 0.15) is 5.56 Å². The molecule has 2 rings (SSSR count). The Morgan fingerprint density at radius 1 is 1.50 bits per heavy atom. The van der Waals surface area contributed by atoms with E-state index in [1.165, 1.54) is 0 Å². The number of hydrogen-bond acceptors (Lipinski definition) is 2. The summed E-state index contributed by atoms with van der Waals surface area (Å²) < 4.78 is 2.76. The maximum Gasteiger partial charge on any atom is 0.321 e. The molecule has 5 heteroatoms. The number of carboxylic acid groups (broad SMARTS) is 1. The highest BCUT2D eigenvalue weighted by atomic mass is 127. The lowest BCUT2D eigenvalue weighted by atomic mass is 10.1. The number of halogens is 1. The molecule has 0 spiro atoms. The lowest BCUT2D eigenvalue weighted by Gasteiger charge is -2.08. The number of H-pyrrole nitrogens is 1. The molecule has 0 aliphatic heterocycles. The lowest BCUT2D eigenvalue weighted by molar-refractivity contribution is -0.138. The van der Waals surface area contributed by atoms with Crippen molar-refractivity contribution >= 4 is 39.7 Å². The fraction of sp³-hybridized carbons (Fsp3) is 0.182. The molecular weight excluding hydrogens is 319 g/mol.